The molecule has 10 heteroatoms. The van der Waals surface area contributed by atoms with Crippen molar-refractivity contribution in [3.05, 3.63) is 30.5 Å². The van der Waals surface area contributed by atoms with Crippen molar-refractivity contribution in [1.82, 2.24) is 24.8 Å². The van der Waals surface area contributed by atoms with Crippen molar-refractivity contribution in [2.24, 2.45) is 5.92 Å². The molecule has 2 aliphatic rings. The number of nitrogens with one attached hydrogen (secondary N) is 1. The van der Waals surface area contributed by atoms with Gasteiger partial charge in [-0.2, -0.15) is 0 Å². The van der Waals surface area contributed by atoms with Crippen LogP contribution in [-0.2, 0) is 9.53 Å². The molecule has 0 atom stereocenters. The number of carbonyl (C=O) groups is 1. The van der Waals surface area contributed by atoms with Gasteiger partial charge in [0.25, 0.3) is 0 Å². The second-order valence-corrected chi connectivity index (χ2v) is 9.76. The fourth-order valence-electron chi connectivity index (χ4n) is 4.53. The van der Waals surface area contributed by atoms with Gasteiger partial charge >= 0.3 is 0 Å². The normalized spacial score (nSPS) is 17.9. The number of fused-ring (bicyclic) bond motifs is 1. The minimum atomic E-state index is 0.0883. The Kier molecular flexibility index (Phi) is 7.27. The summed E-state index contributed by atoms with van der Waals surface area (Å²) in [5, 5.41) is 8.86. The number of hydrogen-bond acceptors (Lipinski definition) is 8. The molecule has 3 aromatic rings. The summed E-state index contributed by atoms with van der Waals surface area (Å²) in [5.74, 6) is 1.11. The van der Waals surface area contributed by atoms with Gasteiger partial charge in [0.2, 0.25) is 16.0 Å². The highest BCUT2D eigenvalue weighted by atomic mass is 32.1. The summed E-state index contributed by atoms with van der Waals surface area (Å²) in [7, 11) is 1.66. The Morgan fingerprint density at radius 3 is 2.65 bits per heavy atom. The van der Waals surface area contributed by atoms with Crippen LogP contribution in [0.25, 0.3) is 16.2 Å². The molecule has 0 unspecified atom stereocenters. The van der Waals surface area contributed by atoms with Crippen molar-refractivity contribution < 1.29 is 14.3 Å². The smallest absolute Gasteiger partial charge is 0.223 e. The molecule has 0 radical (unpaired) electrons. The van der Waals surface area contributed by atoms with E-state index in [-0.39, 0.29) is 11.8 Å². The third-order valence-electron chi connectivity index (χ3n) is 6.61. The Morgan fingerprint density at radius 1 is 1.18 bits per heavy atom. The standard InChI is InChI=1S/C24H32N6O3S/c1-32-20-5-3-18(4-6-20)21-17-30-23(26-21)34-24(27-30)29-11-7-19(8-12-29)22(31)25-9-2-10-28-13-15-33-16-14-28/h3-6,17,19H,2,7-16H2,1H3,(H,25,31). The Labute approximate surface area is 203 Å². The van der Waals surface area contributed by atoms with E-state index in [2.05, 4.69) is 15.1 Å². The first kappa shape index (κ1) is 23.1. The van der Waals surface area contributed by atoms with Crippen LogP contribution in [0.5, 0.6) is 5.75 Å². The fraction of sp³-hybridized carbons (Fsp3) is 0.542. The van der Waals surface area contributed by atoms with E-state index < -0.39 is 0 Å². The number of ether oxygens (including phenoxy) is 2. The van der Waals surface area contributed by atoms with E-state index in [0.717, 1.165) is 98.8 Å². The number of amides is 1. The molecule has 0 aliphatic carbocycles. The predicted molar refractivity (Wildman–Crippen MR) is 133 cm³/mol. The van der Waals surface area contributed by atoms with Gasteiger partial charge in [0.15, 0.2) is 0 Å². The van der Waals surface area contributed by atoms with Crippen LogP contribution in [0.2, 0.25) is 0 Å². The van der Waals surface area contributed by atoms with Crippen LogP contribution in [0.4, 0.5) is 5.13 Å². The number of piperidine rings is 1. The zero-order valence-corrected chi connectivity index (χ0v) is 20.4. The Morgan fingerprint density at radius 2 is 1.94 bits per heavy atom. The van der Waals surface area contributed by atoms with Crippen molar-refractivity contribution >= 4 is 27.3 Å². The van der Waals surface area contributed by atoms with Gasteiger partial charge in [-0.05, 0) is 50.1 Å². The summed E-state index contributed by atoms with van der Waals surface area (Å²) in [6, 6.07) is 7.88. The summed E-state index contributed by atoms with van der Waals surface area (Å²) >= 11 is 1.59. The topological polar surface area (TPSA) is 84.2 Å². The molecule has 2 fully saturated rings. The maximum atomic E-state index is 12.6. The minimum Gasteiger partial charge on any atom is -0.497 e. The predicted octanol–water partition coefficient (Wildman–Crippen LogP) is 2.52. The molecule has 1 N–H and O–H groups in total. The van der Waals surface area contributed by atoms with Crippen LogP contribution in [0.1, 0.15) is 19.3 Å². The largest absolute Gasteiger partial charge is 0.497 e. The van der Waals surface area contributed by atoms with Crippen LogP contribution in [0, 0.1) is 5.92 Å². The molecule has 4 heterocycles. The molecular formula is C24H32N6O3S. The van der Waals surface area contributed by atoms with E-state index in [1.807, 2.05) is 35.0 Å². The first-order valence-corrected chi connectivity index (χ1v) is 12.8. The molecule has 34 heavy (non-hydrogen) atoms. The zero-order chi connectivity index (χ0) is 23.3. The maximum absolute atomic E-state index is 12.6. The molecular weight excluding hydrogens is 452 g/mol. The SMILES string of the molecule is COc1ccc(-c2cn3nc(N4CCC(C(=O)NCCCN5CCOCC5)CC4)sc3n2)cc1. The average Bonchev–Trinajstić information content (AvgIpc) is 3.47. The number of benzene rings is 1. The minimum absolute atomic E-state index is 0.0883. The highest BCUT2D eigenvalue weighted by Crippen LogP contribution is 2.30. The summed E-state index contributed by atoms with van der Waals surface area (Å²) in [4.78, 5) is 22.9. The van der Waals surface area contributed by atoms with Gasteiger partial charge in [-0.25, -0.2) is 9.50 Å². The monoisotopic (exact) mass is 484 g/mol. The van der Waals surface area contributed by atoms with Gasteiger partial charge in [0, 0.05) is 44.2 Å². The number of imidazole rings is 1. The maximum Gasteiger partial charge on any atom is 0.223 e. The lowest BCUT2D eigenvalue weighted by Crippen LogP contribution is -2.42. The number of anilines is 1. The molecule has 1 amide bonds. The van der Waals surface area contributed by atoms with Gasteiger partial charge in [0.1, 0.15) is 5.75 Å². The van der Waals surface area contributed by atoms with Crippen molar-refractivity contribution in [3.8, 4) is 17.0 Å². The third kappa shape index (κ3) is 5.34. The Bertz CT molecular complexity index is 1050. The highest BCUT2D eigenvalue weighted by molar-refractivity contribution is 7.20. The van der Waals surface area contributed by atoms with Crippen LogP contribution < -0.4 is 15.0 Å². The number of morpholine rings is 1. The molecule has 1 aromatic carbocycles. The number of rotatable bonds is 8. The van der Waals surface area contributed by atoms with E-state index in [1.54, 1.807) is 18.4 Å². The summed E-state index contributed by atoms with van der Waals surface area (Å²) < 4.78 is 12.5. The van der Waals surface area contributed by atoms with Gasteiger partial charge in [0.05, 0.1) is 32.2 Å². The lowest BCUT2D eigenvalue weighted by atomic mass is 9.96. The van der Waals surface area contributed by atoms with Gasteiger partial charge in [-0.15, -0.1) is 5.10 Å². The van der Waals surface area contributed by atoms with Crippen LogP contribution >= 0.6 is 11.3 Å². The number of carbonyl (C=O) groups excluding carboxylic acids is 1. The number of hydrogen-bond donors (Lipinski definition) is 1. The summed E-state index contributed by atoms with van der Waals surface area (Å²) in [6.45, 7) is 7.08. The molecule has 9 nitrogen and oxygen atoms in total. The molecule has 2 aliphatic heterocycles. The summed E-state index contributed by atoms with van der Waals surface area (Å²) in [6.07, 6.45) is 4.67. The molecule has 0 bridgehead atoms. The first-order chi connectivity index (χ1) is 16.7. The zero-order valence-electron chi connectivity index (χ0n) is 19.6. The van der Waals surface area contributed by atoms with Crippen molar-refractivity contribution in [2.45, 2.75) is 19.3 Å². The van der Waals surface area contributed by atoms with E-state index >= 15 is 0 Å². The van der Waals surface area contributed by atoms with Crippen LogP contribution in [0.3, 0.4) is 0 Å². The van der Waals surface area contributed by atoms with Gasteiger partial charge in [-0.3, -0.25) is 9.69 Å². The quantitative estimate of drug-likeness (QED) is 0.492. The highest BCUT2D eigenvalue weighted by Gasteiger charge is 2.26. The molecule has 182 valence electrons. The third-order valence-corrected chi connectivity index (χ3v) is 7.59. The van der Waals surface area contributed by atoms with Gasteiger partial charge < -0.3 is 19.7 Å². The lowest BCUT2D eigenvalue weighted by molar-refractivity contribution is -0.125. The van der Waals surface area contributed by atoms with Gasteiger partial charge in [-0.1, -0.05) is 11.3 Å². The fourth-order valence-corrected chi connectivity index (χ4v) is 5.47. The Hall–Kier alpha value is -2.69. The lowest BCUT2D eigenvalue weighted by Gasteiger charge is -2.31. The molecule has 0 spiro atoms. The second-order valence-electron chi connectivity index (χ2n) is 8.83. The molecule has 2 saturated heterocycles. The van der Waals surface area contributed by atoms with E-state index in [9.17, 15) is 4.79 Å². The van der Waals surface area contributed by atoms with Crippen molar-refractivity contribution in [2.75, 3.05) is 64.5 Å². The molecule has 5 rings (SSSR count). The number of methoxy groups -OCH3 is 1. The first-order valence-electron chi connectivity index (χ1n) is 12.0. The van der Waals surface area contributed by atoms with E-state index in [4.69, 9.17) is 19.6 Å². The van der Waals surface area contributed by atoms with E-state index in [0.29, 0.717) is 0 Å². The van der Waals surface area contributed by atoms with Crippen molar-refractivity contribution in [1.29, 1.82) is 0 Å². The molecule has 0 saturated carbocycles. The van der Waals surface area contributed by atoms with E-state index in [1.165, 1.54) is 0 Å². The average molecular weight is 485 g/mol. The Balaban J connectivity index is 1.09. The number of aromatic nitrogens is 3. The van der Waals surface area contributed by atoms with Crippen molar-refractivity contribution in [3.63, 3.8) is 0 Å². The second kappa shape index (κ2) is 10.7. The number of nitrogens with zero attached hydrogens (tertiary/aromatic N) is 5. The van der Waals surface area contributed by atoms with Crippen LogP contribution in [-0.4, -0.2) is 85.0 Å². The van der Waals surface area contributed by atoms with Crippen LogP contribution in [0.15, 0.2) is 30.5 Å². The molecule has 2 aromatic heterocycles. The summed E-state index contributed by atoms with van der Waals surface area (Å²) in [5.41, 5.74) is 1.94.